The Balaban J connectivity index is 1.59. The first kappa shape index (κ1) is 17.6. The van der Waals surface area contributed by atoms with E-state index in [0.717, 1.165) is 11.4 Å². The van der Waals surface area contributed by atoms with E-state index in [-0.39, 0.29) is 18.1 Å². The van der Waals surface area contributed by atoms with Crippen molar-refractivity contribution in [2.24, 2.45) is 0 Å². The van der Waals surface area contributed by atoms with Crippen molar-refractivity contribution in [3.8, 4) is 17.1 Å². The minimum atomic E-state index is -0.329. The summed E-state index contributed by atoms with van der Waals surface area (Å²) in [6, 6.07) is 13.0. The molecule has 2 aromatic carbocycles. The van der Waals surface area contributed by atoms with E-state index in [9.17, 15) is 9.18 Å². The number of nitrogens with zero attached hydrogens (tertiary/aromatic N) is 3. The summed E-state index contributed by atoms with van der Waals surface area (Å²) in [6.07, 6.45) is 0.557. The quantitative estimate of drug-likeness (QED) is 0.677. The molecule has 0 N–H and O–H groups in total. The van der Waals surface area contributed by atoms with Crippen LogP contribution >= 0.6 is 0 Å². The SMILES string of the molecule is COc1ccc(N(C)C(=O)CCc2nc(-c3ccc(F)cc3)no2)cc1. The molecule has 0 unspecified atom stereocenters. The van der Waals surface area contributed by atoms with Crippen LogP contribution in [0.15, 0.2) is 53.1 Å². The van der Waals surface area contributed by atoms with Gasteiger partial charge in [-0.05, 0) is 48.5 Å². The van der Waals surface area contributed by atoms with Gasteiger partial charge in [0.15, 0.2) is 0 Å². The van der Waals surface area contributed by atoms with E-state index in [1.165, 1.54) is 12.1 Å². The Bertz CT molecular complexity index is 876. The molecule has 0 bridgehead atoms. The monoisotopic (exact) mass is 355 g/mol. The highest BCUT2D eigenvalue weighted by molar-refractivity contribution is 5.92. The maximum absolute atomic E-state index is 13.0. The van der Waals surface area contributed by atoms with E-state index in [2.05, 4.69) is 10.1 Å². The summed E-state index contributed by atoms with van der Waals surface area (Å²) < 4.78 is 23.2. The molecule has 1 heterocycles. The van der Waals surface area contributed by atoms with E-state index in [0.29, 0.717) is 23.7 Å². The molecule has 134 valence electrons. The molecule has 0 saturated carbocycles. The van der Waals surface area contributed by atoms with Crippen molar-refractivity contribution >= 4 is 11.6 Å². The molecule has 7 heteroatoms. The summed E-state index contributed by atoms with van der Waals surface area (Å²) in [5.74, 6) is 1.06. The van der Waals surface area contributed by atoms with Crippen LogP contribution in [0.25, 0.3) is 11.4 Å². The van der Waals surface area contributed by atoms with Crippen molar-refractivity contribution in [1.29, 1.82) is 0 Å². The Morgan fingerprint density at radius 2 is 1.85 bits per heavy atom. The highest BCUT2D eigenvalue weighted by atomic mass is 19.1. The molecule has 0 aliphatic rings. The van der Waals surface area contributed by atoms with Gasteiger partial charge in [0.25, 0.3) is 0 Å². The van der Waals surface area contributed by atoms with Gasteiger partial charge in [-0.3, -0.25) is 4.79 Å². The molecule has 0 radical (unpaired) electrons. The average molecular weight is 355 g/mol. The van der Waals surface area contributed by atoms with Gasteiger partial charge in [0.05, 0.1) is 7.11 Å². The maximum atomic E-state index is 13.0. The molecule has 1 aromatic heterocycles. The zero-order valence-corrected chi connectivity index (χ0v) is 14.5. The van der Waals surface area contributed by atoms with Crippen LogP contribution in [0.5, 0.6) is 5.75 Å². The van der Waals surface area contributed by atoms with Crippen LogP contribution < -0.4 is 9.64 Å². The third kappa shape index (κ3) is 4.05. The summed E-state index contributed by atoms with van der Waals surface area (Å²) >= 11 is 0. The van der Waals surface area contributed by atoms with Crippen molar-refractivity contribution in [3.63, 3.8) is 0 Å². The number of carbonyl (C=O) groups is 1. The third-order valence-corrected chi connectivity index (χ3v) is 3.96. The normalized spacial score (nSPS) is 10.6. The van der Waals surface area contributed by atoms with Crippen molar-refractivity contribution in [1.82, 2.24) is 10.1 Å². The van der Waals surface area contributed by atoms with Gasteiger partial charge in [0.2, 0.25) is 17.6 Å². The van der Waals surface area contributed by atoms with Gasteiger partial charge in [-0.1, -0.05) is 5.16 Å². The number of amides is 1. The Hall–Kier alpha value is -3.22. The molecular formula is C19H18FN3O3. The predicted octanol–water partition coefficient (Wildman–Crippen LogP) is 3.48. The third-order valence-electron chi connectivity index (χ3n) is 3.96. The predicted molar refractivity (Wildman–Crippen MR) is 94.4 cm³/mol. The maximum Gasteiger partial charge on any atom is 0.227 e. The average Bonchev–Trinajstić information content (AvgIpc) is 3.15. The molecule has 3 rings (SSSR count). The fourth-order valence-electron chi connectivity index (χ4n) is 2.40. The second-order valence-electron chi connectivity index (χ2n) is 5.67. The molecule has 0 saturated heterocycles. The summed E-state index contributed by atoms with van der Waals surface area (Å²) in [6.45, 7) is 0. The molecule has 3 aromatic rings. The lowest BCUT2D eigenvalue weighted by Crippen LogP contribution is -2.26. The fraction of sp³-hybridized carbons (Fsp3) is 0.211. The lowest BCUT2D eigenvalue weighted by Gasteiger charge is -2.17. The van der Waals surface area contributed by atoms with Crippen LogP contribution in [-0.2, 0) is 11.2 Å². The Morgan fingerprint density at radius 3 is 2.50 bits per heavy atom. The Labute approximate surface area is 150 Å². The highest BCUT2D eigenvalue weighted by Gasteiger charge is 2.14. The second kappa shape index (κ2) is 7.77. The number of rotatable bonds is 6. The van der Waals surface area contributed by atoms with Gasteiger partial charge in [-0.2, -0.15) is 4.98 Å². The first-order valence-corrected chi connectivity index (χ1v) is 8.06. The molecular weight excluding hydrogens is 337 g/mol. The molecule has 0 atom stereocenters. The van der Waals surface area contributed by atoms with Crippen LogP contribution in [0.4, 0.5) is 10.1 Å². The first-order chi connectivity index (χ1) is 12.6. The van der Waals surface area contributed by atoms with Crippen LogP contribution in [-0.4, -0.2) is 30.2 Å². The molecule has 0 aliphatic heterocycles. The highest BCUT2D eigenvalue weighted by Crippen LogP contribution is 2.20. The van der Waals surface area contributed by atoms with Crippen molar-refractivity contribution in [2.75, 3.05) is 19.1 Å². The molecule has 6 nitrogen and oxygen atoms in total. The minimum absolute atomic E-state index is 0.0725. The number of hydrogen-bond acceptors (Lipinski definition) is 5. The summed E-state index contributed by atoms with van der Waals surface area (Å²) in [5, 5.41) is 3.87. The number of aryl methyl sites for hydroxylation is 1. The van der Waals surface area contributed by atoms with E-state index in [1.54, 1.807) is 43.3 Å². The number of methoxy groups -OCH3 is 1. The van der Waals surface area contributed by atoms with Gasteiger partial charge >= 0.3 is 0 Å². The summed E-state index contributed by atoms with van der Waals surface area (Å²) in [5.41, 5.74) is 1.43. The standard InChI is InChI=1S/C19H18FN3O3/c1-23(15-7-9-16(25-2)10-8-15)18(24)12-11-17-21-19(22-26-17)13-3-5-14(20)6-4-13/h3-10H,11-12H2,1-2H3. The van der Waals surface area contributed by atoms with E-state index in [1.807, 2.05) is 12.1 Å². The molecule has 1 amide bonds. The Kier molecular flexibility index (Phi) is 5.26. The van der Waals surface area contributed by atoms with Crippen LogP contribution in [0, 0.1) is 5.82 Å². The number of hydrogen-bond donors (Lipinski definition) is 0. The smallest absolute Gasteiger partial charge is 0.227 e. The fourth-order valence-corrected chi connectivity index (χ4v) is 2.40. The zero-order chi connectivity index (χ0) is 18.5. The number of anilines is 1. The number of benzene rings is 2. The zero-order valence-electron chi connectivity index (χ0n) is 14.5. The Morgan fingerprint density at radius 1 is 1.15 bits per heavy atom. The topological polar surface area (TPSA) is 68.5 Å². The van der Waals surface area contributed by atoms with Gasteiger partial charge in [0, 0.05) is 31.1 Å². The van der Waals surface area contributed by atoms with Gasteiger partial charge in [-0.15, -0.1) is 0 Å². The number of halogens is 1. The molecule has 26 heavy (non-hydrogen) atoms. The van der Waals surface area contributed by atoms with Crippen molar-refractivity contribution < 1.29 is 18.4 Å². The summed E-state index contributed by atoms with van der Waals surface area (Å²) in [7, 11) is 3.30. The van der Waals surface area contributed by atoms with Gasteiger partial charge in [-0.25, -0.2) is 4.39 Å². The lowest BCUT2D eigenvalue weighted by atomic mass is 10.2. The van der Waals surface area contributed by atoms with E-state index in [4.69, 9.17) is 9.26 Å². The van der Waals surface area contributed by atoms with Crippen LogP contribution in [0.1, 0.15) is 12.3 Å². The van der Waals surface area contributed by atoms with Crippen LogP contribution in [0.2, 0.25) is 0 Å². The summed E-state index contributed by atoms with van der Waals surface area (Å²) in [4.78, 5) is 18.2. The largest absolute Gasteiger partial charge is 0.497 e. The van der Waals surface area contributed by atoms with Gasteiger partial charge in [0.1, 0.15) is 11.6 Å². The number of aromatic nitrogens is 2. The van der Waals surface area contributed by atoms with Crippen molar-refractivity contribution in [2.45, 2.75) is 12.8 Å². The second-order valence-corrected chi connectivity index (χ2v) is 5.67. The van der Waals surface area contributed by atoms with E-state index >= 15 is 0 Å². The number of carbonyl (C=O) groups excluding carboxylic acids is 1. The molecule has 0 aliphatic carbocycles. The minimum Gasteiger partial charge on any atom is -0.497 e. The van der Waals surface area contributed by atoms with Crippen LogP contribution in [0.3, 0.4) is 0 Å². The first-order valence-electron chi connectivity index (χ1n) is 8.06. The lowest BCUT2D eigenvalue weighted by molar-refractivity contribution is -0.118. The number of ether oxygens (including phenoxy) is 1. The molecule has 0 spiro atoms. The van der Waals surface area contributed by atoms with Crippen molar-refractivity contribution in [3.05, 3.63) is 60.2 Å². The van der Waals surface area contributed by atoms with Gasteiger partial charge < -0.3 is 14.2 Å². The van der Waals surface area contributed by atoms with E-state index < -0.39 is 0 Å². The molecule has 0 fully saturated rings.